The maximum atomic E-state index is 12.3. The van der Waals surface area contributed by atoms with Crippen LogP contribution in [0.3, 0.4) is 0 Å². The summed E-state index contributed by atoms with van der Waals surface area (Å²) >= 11 is 0. The van der Waals surface area contributed by atoms with Crippen molar-refractivity contribution in [1.29, 1.82) is 0 Å². The number of aromatic carboxylic acids is 1. The van der Waals surface area contributed by atoms with Crippen molar-refractivity contribution < 1.29 is 14.7 Å². The van der Waals surface area contributed by atoms with Crippen molar-refractivity contribution in [3.8, 4) is 0 Å². The molecule has 0 spiro atoms. The Morgan fingerprint density at radius 3 is 2.48 bits per heavy atom. The van der Waals surface area contributed by atoms with Gasteiger partial charge in [0.15, 0.2) is 0 Å². The van der Waals surface area contributed by atoms with Crippen LogP contribution >= 0.6 is 0 Å². The quantitative estimate of drug-likeness (QED) is 0.889. The number of benzene rings is 1. The number of amides is 1. The Bertz CT molecular complexity index is 541. The fraction of sp³-hybridized carbons (Fsp3) is 0.500. The molecule has 0 aromatic heterocycles. The number of nitrogens with zero attached hydrogens (tertiary/aromatic N) is 1. The van der Waals surface area contributed by atoms with Gasteiger partial charge in [0.05, 0.1) is 5.56 Å². The smallest absolute Gasteiger partial charge is 0.335 e. The summed E-state index contributed by atoms with van der Waals surface area (Å²) < 4.78 is 0. The van der Waals surface area contributed by atoms with Crippen molar-refractivity contribution in [2.45, 2.75) is 37.8 Å². The summed E-state index contributed by atoms with van der Waals surface area (Å²) in [6.45, 7) is 2.21. The molecule has 1 amide bonds. The minimum atomic E-state index is -0.976. The van der Waals surface area contributed by atoms with E-state index in [1.165, 1.54) is 25.0 Å². The summed E-state index contributed by atoms with van der Waals surface area (Å²) in [4.78, 5) is 25.6. The predicted molar refractivity (Wildman–Crippen MR) is 78.5 cm³/mol. The van der Waals surface area contributed by atoms with Crippen LogP contribution in [0.1, 0.15) is 46.4 Å². The molecular weight excluding hydrogens is 268 g/mol. The Labute approximate surface area is 123 Å². The Hall–Kier alpha value is -1.88. The lowest BCUT2D eigenvalue weighted by Gasteiger charge is -2.32. The maximum Gasteiger partial charge on any atom is 0.335 e. The standard InChI is InChI=1S/C16H20N2O3/c19-15(11-4-6-12(7-5-11)16(20)21)17-13-8-10-18-9-2-1-3-14(13)18/h4-7,13-14H,1-3,8-10H2,(H,17,19)(H,20,21). The second-order valence-corrected chi connectivity index (χ2v) is 5.85. The number of carbonyl (C=O) groups excluding carboxylic acids is 1. The molecule has 2 fully saturated rings. The number of carbonyl (C=O) groups is 2. The molecule has 5 nitrogen and oxygen atoms in total. The van der Waals surface area contributed by atoms with Gasteiger partial charge in [-0.1, -0.05) is 6.42 Å². The lowest BCUT2D eigenvalue weighted by atomic mass is 9.98. The lowest BCUT2D eigenvalue weighted by Crippen LogP contribution is -2.46. The zero-order chi connectivity index (χ0) is 14.8. The molecule has 0 radical (unpaired) electrons. The molecule has 21 heavy (non-hydrogen) atoms. The summed E-state index contributed by atoms with van der Waals surface area (Å²) in [6.07, 6.45) is 4.65. The third-order valence-corrected chi connectivity index (χ3v) is 4.57. The number of rotatable bonds is 3. The summed E-state index contributed by atoms with van der Waals surface area (Å²) in [5.74, 6) is -1.08. The van der Waals surface area contributed by atoms with E-state index < -0.39 is 5.97 Å². The van der Waals surface area contributed by atoms with E-state index in [-0.39, 0.29) is 17.5 Å². The van der Waals surface area contributed by atoms with E-state index >= 15 is 0 Å². The molecule has 2 unspecified atom stereocenters. The molecule has 0 saturated carbocycles. The molecule has 1 aromatic rings. The Morgan fingerprint density at radius 2 is 1.76 bits per heavy atom. The first kappa shape index (κ1) is 14.1. The average molecular weight is 288 g/mol. The summed E-state index contributed by atoms with van der Waals surface area (Å²) in [6, 6.07) is 6.79. The highest BCUT2D eigenvalue weighted by molar-refractivity contribution is 5.96. The maximum absolute atomic E-state index is 12.3. The molecule has 0 aliphatic carbocycles. The molecule has 2 N–H and O–H groups in total. The normalized spacial score (nSPS) is 25.3. The molecule has 2 aliphatic rings. The Balaban J connectivity index is 1.64. The first-order valence-corrected chi connectivity index (χ1v) is 7.53. The van der Waals surface area contributed by atoms with Crippen LogP contribution in [0.2, 0.25) is 0 Å². The lowest BCUT2D eigenvalue weighted by molar-refractivity contribution is 0.0696. The number of fused-ring (bicyclic) bond motifs is 1. The SMILES string of the molecule is O=C(O)c1ccc(C(=O)NC2CCN3CCCCC23)cc1. The van der Waals surface area contributed by atoms with Gasteiger partial charge in [0, 0.05) is 24.2 Å². The zero-order valence-corrected chi connectivity index (χ0v) is 11.9. The second kappa shape index (κ2) is 5.85. The molecule has 5 heteroatoms. The van der Waals surface area contributed by atoms with Gasteiger partial charge in [-0.2, -0.15) is 0 Å². The van der Waals surface area contributed by atoms with E-state index in [1.807, 2.05) is 0 Å². The third-order valence-electron chi connectivity index (χ3n) is 4.57. The minimum Gasteiger partial charge on any atom is -0.478 e. The van der Waals surface area contributed by atoms with E-state index in [0.29, 0.717) is 11.6 Å². The van der Waals surface area contributed by atoms with Crippen LogP contribution < -0.4 is 5.32 Å². The van der Waals surface area contributed by atoms with Gasteiger partial charge in [0.2, 0.25) is 0 Å². The highest BCUT2D eigenvalue weighted by atomic mass is 16.4. The van der Waals surface area contributed by atoms with Gasteiger partial charge in [0.1, 0.15) is 0 Å². The van der Waals surface area contributed by atoms with Gasteiger partial charge in [-0.05, 0) is 50.1 Å². The first-order valence-electron chi connectivity index (χ1n) is 7.53. The van der Waals surface area contributed by atoms with Gasteiger partial charge >= 0.3 is 5.97 Å². The molecule has 3 rings (SSSR count). The molecule has 2 heterocycles. The molecule has 2 aliphatic heterocycles. The summed E-state index contributed by atoms with van der Waals surface area (Å²) in [5.41, 5.74) is 0.722. The number of nitrogens with one attached hydrogen (secondary N) is 1. The van der Waals surface area contributed by atoms with Crippen LogP contribution in [0, 0.1) is 0 Å². The van der Waals surface area contributed by atoms with Crippen molar-refractivity contribution in [3.05, 3.63) is 35.4 Å². The van der Waals surface area contributed by atoms with Crippen LogP contribution in [0.15, 0.2) is 24.3 Å². The average Bonchev–Trinajstić information content (AvgIpc) is 2.91. The highest BCUT2D eigenvalue weighted by Gasteiger charge is 2.36. The molecule has 1 aromatic carbocycles. The predicted octanol–water partition coefficient (Wildman–Crippen LogP) is 1.74. The van der Waals surface area contributed by atoms with E-state index in [4.69, 9.17) is 5.11 Å². The Kier molecular flexibility index (Phi) is 3.92. The number of hydrogen-bond acceptors (Lipinski definition) is 3. The topological polar surface area (TPSA) is 69.6 Å². The van der Waals surface area contributed by atoms with Crippen molar-refractivity contribution in [3.63, 3.8) is 0 Å². The van der Waals surface area contributed by atoms with Gasteiger partial charge in [-0.3, -0.25) is 9.69 Å². The van der Waals surface area contributed by atoms with Gasteiger partial charge in [-0.15, -0.1) is 0 Å². The largest absolute Gasteiger partial charge is 0.478 e. The van der Waals surface area contributed by atoms with Crippen LogP contribution in [0.25, 0.3) is 0 Å². The van der Waals surface area contributed by atoms with Crippen LogP contribution in [0.4, 0.5) is 0 Å². The number of carboxylic acids is 1. The fourth-order valence-electron chi connectivity index (χ4n) is 3.43. The van der Waals surface area contributed by atoms with Gasteiger partial charge in [0.25, 0.3) is 5.91 Å². The van der Waals surface area contributed by atoms with Crippen LogP contribution in [0.5, 0.6) is 0 Å². The molecular formula is C16H20N2O3. The number of hydrogen-bond donors (Lipinski definition) is 2. The fourth-order valence-corrected chi connectivity index (χ4v) is 3.43. The van der Waals surface area contributed by atoms with Crippen LogP contribution in [-0.4, -0.2) is 47.1 Å². The first-order chi connectivity index (χ1) is 10.1. The van der Waals surface area contributed by atoms with Gasteiger partial charge in [-0.25, -0.2) is 4.79 Å². The number of piperidine rings is 1. The Morgan fingerprint density at radius 1 is 1.05 bits per heavy atom. The zero-order valence-electron chi connectivity index (χ0n) is 11.9. The van der Waals surface area contributed by atoms with Crippen molar-refractivity contribution >= 4 is 11.9 Å². The van der Waals surface area contributed by atoms with E-state index in [0.717, 1.165) is 25.9 Å². The summed E-state index contributed by atoms with van der Waals surface area (Å²) in [5, 5.41) is 12.0. The van der Waals surface area contributed by atoms with E-state index in [2.05, 4.69) is 10.2 Å². The number of carboxylic acid groups (broad SMARTS) is 1. The molecule has 0 bridgehead atoms. The van der Waals surface area contributed by atoms with Crippen LogP contribution in [-0.2, 0) is 0 Å². The minimum absolute atomic E-state index is 0.107. The molecule has 2 atom stereocenters. The molecule has 112 valence electrons. The second-order valence-electron chi connectivity index (χ2n) is 5.85. The highest BCUT2D eigenvalue weighted by Crippen LogP contribution is 2.27. The summed E-state index contributed by atoms with van der Waals surface area (Å²) in [7, 11) is 0. The van der Waals surface area contributed by atoms with Crippen molar-refractivity contribution in [2.75, 3.05) is 13.1 Å². The van der Waals surface area contributed by atoms with Crippen molar-refractivity contribution in [2.24, 2.45) is 0 Å². The van der Waals surface area contributed by atoms with Crippen molar-refractivity contribution in [1.82, 2.24) is 10.2 Å². The van der Waals surface area contributed by atoms with E-state index in [1.54, 1.807) is 12.1 Å². The van der Waals surface area contributed by atoms with Gasteiger partial charge < -0.3 is 10.4 Å². The molecule has 2 saturated heterocycles. The third kappa shape index (κ3) is 2.93. The van der Waals surface area contributed by atoms with E-state index in [9.17, 15) is 9.59 Å². The monoisotopic (exact) mass is 288 g/mol.